The molecule has 0 fully saturated rings. The Morgan fingerprint density at radius 3 is 3.12 bits per heavy atom. The van der Waals surface area contributed by atoms with Crippen molar-refractivity contribution in [2.24, 2.45) is 0 Å². The fourth-order valence-electron chi connectivity index (χ4n) is 2.13. The van der Waals surface area contributed by atoms with E-state index in [9.17, 15) is 4.39 Å². The molecule has 0 bridgehead atoms. The summed E-state index contributed by atoms with van der Waals surface area (Å²) >= 11 is 0. The first-order valence-corrected chi connectivity index (χ1v) is 5.20. The average Bonchev–Trinajstić information content (AvgIpc) is 2.55. The lowest BCUT2D eigenvalue weighted by Gasteiger charge is -2.13. The summed E-state index contributed by atoms with van der Waals surface area (Å²) in [5.41, 5.74) is 1.17. The number of rotatable bonds is 1. The maximum Gasteiger partial charge on any atom is 0.499 e. The van der Waals surface area contributed by atoms with Crippen LogP contribution in [0.1, 0.15) is 11.8 Å². The second kappa shape index (κ2) is 3.73. The van der Waals surface area contributed by atoms with E-state index >= 15 is 0 Å². The molecule has 6 heteroatoms. The second-order valence-electron chi connectivity index (χ2n) is 3.73. The average molecular weight is 223 g/mol. The smallest absolute Gasteiger partial charge is 0.492 e. The molecular formula is C10H11BFNO3. The zero-order valence-electron chi connectivity index (χ0n) is 8.83. The molecule has 1 aromatic carbocycles. The zero-order valence-corrected chi connectivity index (χ0v) is 8.83. The first-order chi connectivity index (χ1) is 7.81. The normalized spacial score (nSPS) is 22.6. The summed E-state index contributed by atoms with van der Waals surface area (Å²) in [7, 11) is 1.19. The summed E-state index contributed by atoms with van der Waals surface area (Å²) in [6.45, 7) is 0.902. The molecule has 0 aromatic heterocycles. The van der Waals surface area contributed by atoms with E-state index in [4.69, 9.17) is 14.0 Å². The summed E-state index contributed by atoms with van der Waals surface area (Å²) < 4.78 is 30.3. The first-order valence-electron chi connectivity index (χ1n) is 5.20. The number of hydrogen-bond donors (Lipinski definition) is 1. The number of ether oxygens (including phenoxy) is 1. The van der Waals surface area contributed by atoms with Gasteiger partial charge in [-0.15, -0.1) is 0 Å². The van der Waals surface area contributed by atoms with Crippen LogP contribution in [-0.4, -0.2) is 27.4 Å². The Bertz CT molecular complexity index is 429. The quantitative estimate of drug-likeness (QED) is 0.689. The van der Waals surface area contributed by atoms with Gasteiger partial charge in [-0.05, 0) is 19.2 Å². The van der Waals surface area contributed by atoms with Gasteiger partial charge in [-0.1, -0.05) is 0 Å². The van der Waals surface area contributed by atoms with Crippen LogP contribution >= 0.6 is 0 Å². The number of halogens is 1. The van der Waals surface area contributed by atoms with Gasteiger partial charge in [0.1, 0.15) is 24.4 Å². The standard InChI is InChI=1S/C10H11BFNO3/c1-13-10-8-6(12)2-3-7-9(8)11(16-10)15-5-4-14-7/h2-3,10,13H,4-5H2,1H3. The van der Waals surface area contributed by atoms with E-state index in [1.807, 2.05) is 0 Å². The minimum absolute atomic E-state index is 0.297. The van der Waals surface area contributed by atoms with Crippen molar-refractivity contribution < 1.29 is 18.4 Å². The van der Waals surface area contributed by atoms with Crippen LogP contribution in [0.25, 0.3) is 0 Å². The number of nitrogens with one attached hydrogen (secondary N) is 1. The molecule has 0 amide bonds. The Balaban J connectivity index is 2.17. The van der Waals surface area contributed by atoms with Gasteiger partial charge in [0.05, 0.1) is 6.61 Å². The van der Waals surface area contributed by atoms with Crippen molar-refractivity contribution in [1.29, 1.82) is 0 Å². The molecule has 1 atom stereocenters. The van der Waals surface area contributed by atoms with Crippen LogP contribution in [-0.2, 0) is 9.31 Å². The van der Waals surface area contributed by atoms with Gasteiger partial charge in [0.15, 0.2) is 0 Å². The fourth-order valence-corrected chi connectivity index (χ4v) is 2.13. The lowest BCUT2D eigenvalue weighted by molar-refractivity contribution is 0.126. The molecule has 3 rings (SSSR count). The maximum atomic E-state index is 13.7. The largest absolute Gasteiger partial charge is 0.499 e. The zero-order chi connectivity index (χ0) is 11.1. The molecule has 2 aliphatic rings. The summed E-state index contributed by atoms with van der Waals surface area (Å²) in [6.07, 6.45) is -0.471. The van der Waals surface area contributed by atoms with Crippen LogP contribution in [0.2, 0.25) is 0 Å². The van der Waals surface area contributed by atoms with Crippen LogP contribution in [0, 0.1) is 5.82 Å². The van der Waals surface area contributed by atoms with Gasteiger partial charge < -0.3 is 14.0 Å². The van der Waals surface area contributed by atoms with E-state index < -0.39 is 13.3 Å². The minimum Gasteiger partial charge on any atom is -0.492 e. The van der Waals surface area contributed by atoms with Crippen LogP contribution in [0.15, 0.2) is 12.1 Å². The van der Waals surface area contributed by atoms with E-state index in [-0.39, 0.29) is 5.82 Å². The van der Waals surface area contributed by atoms with Crippen molar-refractivity contribution in [3.8, 4) is 5.75 Å². The Kier molecular flexibility index (Phi) is 2.35. The topological polar surface area (TPSA) is 39.7 Å². The molecule has 0 radical (unpaired) electrons. The third-order valence-corrected chi connectivity index (χ3v) is 2.82. The Morgan fingerprint density at radius 2 is 2.31 bits per heavy atom. The number of benzene rings is 1. The first kappa shape index (κ1) is 10.1. The van der Waals surface area contributed by atoms with Crippen molar-refractivity contribution in [1.82, 2.24) is 5.32 Å². The fraction of sp³-hybridized carbons (Fsp3) is 0.400. The molecule has 0 spiro atoms. The highest BCUT2D eigenvalue weighted by molar-refractivity contribution is 6.64. The van der Waals surface area contributed by atoms with Gasteiger partial charge >= 0.3 is 7.12 Å². The Hall–Kier alpha value is -1.11. The third-order valence-electron chi connectivity index (χ3n) is 2.82. The van der Waals surface area contributed by atoms with Gasteiger partial charge in [0, 0.05) is 11.0 Å². The predicted molar refractivity (Wildman–Crippen MR) is 56.1 cm³/mol. The highest BCUT2D eigenvalue weighted by Gasteiger charge is 2.42. The van der Waals surface area contributed by atoms with Crippen molar-refractivity contribution in [3.63, 3.8) is 0 Å². The van der Waals surface area contributed by atoms with Gasteiger partial charge in [0.2, 0.25) is 0 Å². The van der Waals surface area contributed by atoms with Crippen LogP contribution in [0.3, 0.4) is 0 Å². The molecule has 16 heavy (non-hydrogen) atoms. The SMILES string of the molecule is CNC1OB2OCCOc3ccc(F)c1c32. The van der Waals surface area contributed by atoms with Crippen molar-refractivity contribution in [2.45, 2.75) is 6.23 Å². The summed E-state index contributed by atoms with van der Waals surface area (Å²) in [4.78, 5) is 0. The van der Waals surface area contributed by atoms with Crippen LogP contribution in [0.4, 0.5) is 4.39 Å². The lowest BCUT2D eigenvalue weighted by Crippen LogP contribution is -2.32. The molecule has 1 aromatic rings. The van der Waals surface area contributed by atoms with E-state index in [1.54, 1.807) is 13.1 Å². The second-order valence-corrected chi connectivity index (χ2v) is 3.73. The molecule has 0 saturated heterocycles. The van der Waals surface area contributed by atoms with Crippen LogP contribution < -0.4 is 15.5 Å². The maximum absolute atomic E-state index is 13.7. The molecule has 0 saturated carbocycles. The lowest BCUT2D eigenvalue weighted by atomic mass is 9.78. The minimum atomic E-state index is -0.527. The van der Waals surface area contributed by atoms with Gasteiger partial charge in [-0.25, -0.2) is 4.39 Å². The Morgan fingerprint density at radius 1 is 1.44 bits per heavy atom. The van der Waals surface area contributed by atoms with Gasteiger partial charge in [0.25, 0.3) is 0 Å². The third kappa shape index (κ3) is 1.34. The van der Waals surface area contributed by atoms with Gasteiger partial charge in [-0.3, -0.25) is 5.32 Å². The van der Waals surface area contributed by atoms with E-state index in [2.05, 4.69) is 5.32 Å². The molecule has 0 aliphatic carbocycles. The molecule has 1 N–H and O–H groups in total. The van der Waals surface area contributed by atoms with E-state index in [0.29, 0.717) is 30.0 Å². The van der Waals surface area contributed by atoms with E-state index in [0.717, 1.165) is 0 Å². The molecule has 4 nitrogen and oxygen atoms in total. The molecule has 84 valence electrons. The monoisotopic (exact) mass is 223 g/mol. The van der Waals surface area contributed by atoms with Gasteiger partial charge in [-0.2, -0.15) is 0 Å². The molecule has 2 heterocycles. The van der Waals surface area contributed by atoms with E-state index in [1.165, 1.54) is 6.07 Å². The van der Waals surface area contributed by atoms with Crippen LogP contribution in [0.5, 0.6) is 5.75 Å². The molecule has 2 aliphatic heterocycles. The molecule has 1 unspecified atom stereocenters. The highest BCUT2D eigenvalue weighted by Crippen LogP contribution is 2.30. The van der Waals surface area contributed by atoms with Crippen molar-refractivity contribution in [3.05, 3.63) is 23.5 Å². The van der Waals surface area contributed by atoms with Crippen molar-refractivity contribution >= 4 is 12.6 Å². The molecular weight excluding hydrogens is 212 g/mol. The summed E-state index contributed by atoms with van der Waals surface area (Å²) in [5, 5.41) is 2.90. The Labute approximate surface area is 92.8 Å². The summed E-state index contributed by atoms with van der Waals surface area (Å²) in [5.74, 6) is 0.353. The number of hydrogen-bond acceptors (Lipinski definition) is 4. The van der Waals surface area contributed by atoms with Crippen molar-refractivity contribution in [2.75, 3.05) is 20.3 Å². The summed E-state index contributed by atoms with van der Waals surface area (Å²) in [6, 6.07) is 3.02. The predicted octanol–water partition coefficient (Wildman–Crippen LogP) is 0.178. The highest BCUT2D eigenvalue weighted by atomic mass is 19.1.